The molecule has 0 aromatic heterocycles. The van der Waals surface area contributed by atoms with E-state index in [1.807, 2.05) is 12.1 Å². The van der Waals surface area contributed by atoms with Crippen LogP contribution in [0, 0.1) is 0 Å². The number of carbonyl (C=O) groups is 1. The number of nitrogens with one attached hydrogen (secondary N) is 2. The van der Waals surface area contributed by atoms with Crippen LogP contribution in [0.25, 0.3) is 0 Å². The van der Waals surface area contributed by atoms with Crippen LogP contribution in [0.15, 0.2) is 42.5 Å². The number of quaternary nitrogens is 1. The lowest BCUT2D eigenvalue weighted by atomic mass is 10.1. The zero-order chi connectivity index (χ0) is 18.5. The highest BCUT2D eigenvalue weighted by Gasteiger charge is 2.17. The van der Waals surface area contributed by atoms with Crippen LogP contribution in [0.3, 0.4) is 0 Å². The Morgan fingerprint density at radius 3 is 2.35 bits per heavy atom. The first-order valence-electron chi connectivity index (χ1n) is 8.80. The molecule has 6 nitrogen and oxygen atoms in total. The molecule has 3 rings (SSSR count). The Hall–Kier alpha value is -2.73. The van der Waals surface area contributed by atoms with E-state index in [2.05, 4.69) is 29.4 Å². The number of piperazine rings is 1. The first kappa shape index (κ1) is 18.1. The van der Waals surface area contributed by atoms with E-state index < -0.39 is 0 Å². The molecule has 1 fully saturated rings. The second kappa shape index (κ2) is 8.10. The van der Waals surface area contributed by atoms with Crippen LogP contribution in [0.2, 0.25) is 0 Å². The standard InChI is InChI=1S/C20H25N3O3/c1-22-10-12-23(13-11-22)16-6-4-15(5-7-16)21-20(24)18-9-8-17(25-2)14-19(18)26-3/h4-9,14H,10-13H2,1-3H3,(H,21,24)/p+1. The number of hydrogen-bond donors (Lipinski definition) is 2. The highest BCUT2D eigenvalue weighted by atomic mass is 16.5. The molecule has 1 saturated heterocycles. The molecule has 1 aliphatic rings. The number of methoxy groups -OCH3 is 2. The predicted molar refractivity (Wildman–Crippen MR) is 103 cm³/mol. The highest BCUT2D eigenvalue weighted by Crippen LogP contribution is 2.26. The molecule has 2 aromatic rings. The van der Waals surface area contributed by atoms with Gasteiger partial charge in [-0.2, -0.15) is 0 Å². The van der Waals surface area contributed by atoms with Crippen molar-refractivity contribution in [2.75, 3.05) is 57.7 Å². The molecule has 0 radical (unpaired) electrons. The molecule has 0 bridgehead atoms. The average Bonchev–Trinajstić information content (AvgIpc) is 2.68. The van der Waals surface area contributed by atoms with Gasteiger partial charge in [-0.3, -0.25) is 4.79 Å². The van der Waals surface area contributed by atoms with E-state index >= 15 is 0 Å². The van der Waals surface area contributed by atoms with Crippen molar-refractivity contribution in [2.45, 2.75) is 0 Å². The Bertz CT molecular complexity index is 753. The summed E-state index contributed by atoms with van der Waals surface area (Å²) in [5.74, 6) is 0.927. The van der Waals surface area contributed by atoms with Gasteiger partial charge in [-0.25, -0.2) is 0 Å². The first-order chi connectivity index (χ1) is 12.6. The molecule has 0 aliphatic carbocycles. The maximum atomic E-state index is 12.6. The van der Waals surface area contributed by atoms with Gasteiger partial charge in [0.1, 0.15) is 11.5 Å². The summed E-state index contributed by atoms with van der Waals surface area (Å²) in [7, 11) is 5.35. The number of likely N-dealkylation sites (N-methyl/N-ethyl adjacent to an activating group) is 1. The summed E-state index contributed by atoms with van der Waals surface area (Å²) in [4.78, 5) is 16.5. The Balaban J connectivity index is 1.68. The van der Waals surface area contributed by atoms with Gasteiger partial charge in [-0.1, -0.05) is 0 Å². The minimum Gasteiger partial charge on any atom is -0.497 e. The van der Waals surface area contributed by atoms with E-state index in [9.17, 15) is 4.79 Å². The van der Waals surface area contributed by atoms with Crippen LogP contribution in [0.5, 0.6) is 11.5 Å². The number of rotatable bonds is 5. The van der Waals surface area contributed by atoms with Crippen molar-refractivity contribution in [3.05, 3.63) is 48.0 Å². The van der Waals surface area contributed by atoms with Gasteiger partial charge in [0.05, 0.1) is 53.0 Å². The number of nitrogens with zero attached hydrogens (tertiary/aromatic N) is 1. The molecule has 0 unspecified atom stereocenters. The Labute approximate surface area is 154 Å². The molecule has 0 atom stereocenters. The number of amides is 1. The van der Waals surface area contributed by atoms with Crippen molar-refractivity contribution in [2.24, 2.45) is 0 Å². The van der Waals surface area contributed by atoms with Crippen molar-refractivity contribution in [1.29, 1.82) is 0 Å². The fraction of sp³-hybridized carbons (Fsp3) is 0.350. The second-order valence-electron chi connectivity index (χ2n) is 6.51. The average molecular weight is 356 g/mol. The second-order valence-corrected chi connectivity index (χ2v) is 6.51. The Kier molecular flexibility index (Phi) is 5.63. The maximum absolute atomic E-state index is 12.6. The third-order valence-electron chi connectivity index (χ3n) is 4.76. The van der Waals surface area contributed by atoms with E-state index in [1.165, 1.54) is 12.8 Å². The minimum absolute atomic E-state index is 0.208. The summed E-state index contributed by atoms with van der Waals surface area (Å²) in [6.07, 6.45) is 0. The van der Waals surface area contributed by atoms with Crippen molar-refractivity contribution in [3.63, 3.8) is 0 Å². The van der Waals surface area contributed by atoms with Gasteiger partial charge in [0.2, 0.25) is 0 Å². The summed E-state index contributed by atoms with van der Waals surface area (Å²) in [6.45, 7) is 4.41. The lowest BCUT2D eigenvalue weighted by Gasteiger charge is -2.31. The largest absolute Gasteiger partial charge is 0.497 e. The summed E-state index contributed by atoms with van der Waals surface area (Å²) < 4.78 is 10.5. The Morgan fingerprint density at radius 2 is 1.73 bits per heavy atom. The molecular weight excluding hydrogens is 330 g/mol. The molecule has 1 amide bonds. The number of ether oxygens (including phenoxy) is 2. The molecular formula is C20H26N3O3+. The van der Waals surface area contributed by atoms with E-state index in [0.29, 0.717) is 17.1 Å². The highest BCUT2D eigenvalue weighted by molar-refractivity contribution is 6.06. The molecule has 0 saturated carbocycles. The molecule has 138 valence electrons. The number of benzene rings is 2. The van der Waals surface area contributed by atoms with Gasteiger partial charge >= 0.3 is 0 Å². The topological polar surface area (TPSA) is 55.2 Å². The summed E-state index contributed by atoms with van der Waals surface area (Å²) in [5.41, 5.74) is 2.42. The molecule has 2 N–H and O–H groups in total. The van der Waals surface area contributed by atoms with Crippen molar-refractivity contribution >= 4 is 17.3 Å². The quantitative estimate of drug-likeness (QED) is 0.848. The molecule has 2 aromatic carbocycles. The van der Waals surface area contributed by atoms with Crippen molar-refractivity contribution in [3.8, 4) is 11.5 Å². The predicted octanol–water partition coefficient (Wildman–Crippen LogP) is 1.29. The van der Waals surface area contributed by atoms with Crippen molar-refractivity contribution in [1.82, 2.24) is 0 Å². The fourth-order valence-corrected chi connectivity index (χ4v) is 3.09. The maximum Gasteiger partial charge on any atom is 0.259 e. The minimum atomic E-state index is -0.208. The molecule has 0 spiro atoms. The van der Waals surface area contributed by atoms with Crippen LogP contribution >= 0.6 is 0 Å². The van der Waals surface area contributed by atoms with Crippen LogP contribution in [-0.4, -0.2) is 53.4 Å². The molecule has 1 heterocycles. The van der Waals surface area contributed by atoms with Crippen molar-refractivity contribution < 1.29 is 19.2 Å². The van der Waals surface area contributed by atoms with E-state index in [4.69, 9.17) is 9.47 Å². The normalized spacial score (nSPS) is 14.8. The summed E-state index contributed by atoms with van der Waals surface area (Å²) >= 11 is 0. The molecule has 1 aliphatic heterocycles. The number of carbonyl (C=O) groups excluding carboxylic acids is 1. The van der Waals surface area contributed by atoms with Crippen LogP contribution in [0.1, 0.15) is 10.4 Å². The smallest absolute Gasteiger partial charge is 0.259 e. The van der Waals surface area contributed by atoms with Gasteiger partial charge in [-0.05, 0) is 36.4 Å². The number of hydrogen-bond acceptors (Lipinski definition) is 4. The van der Waals surface area contributed by atoms with Gasteiger partial charge in [0, 0.05) is 17.4 Å². The van der Waals surface area contributed by atoms with Gasteiger partial charge in [-0.15, -0.1) is 0 Å². The lowest BCUT2D eigenvalue weighted by Crippen LogP contribution is -3.12. The third kappa shape index (κ3) is 4.08. The lowest BCUT2D eigenvalue weighted by molar-refractivity contribution is -0.880. The third-order valence-corrected chi connectivity index (χ3v) is 4.76. The fourth-order valence-electron chi connectivity index (χ4n) is 3.09. The monoisotopic (exact) mass is 356 g/mol. The van der Waals surface area contributed by atoms with E-state index in [0.717, 1.165) is 31.9 Å². The van der Waals surface area contributed by atoms with Gasteiger partial charge in [0.25, 0.3) is 5.91 Å². The molecule has 26 heavy (non-hydrogen) atoms. The van der Waals surface area contributed by atoms with Crippen LogP contribution < -0.4 is 24.6 Å². The van der Waals surface area contributed by atoms with Crippen LogP contribution in [-0.2, 0) is 0 Å². The van der Waals surface area contributed by atoms with Crippen LogP contribution in [0.4, 0.5) is 11.4 Å². The van der Waals surface area contributed by atoms with E-state index in [-0.39, 0.29) is 5.91 Å². The summed E-state index contributed by atoms with van der Waals surface area (Å²) in [5, 5.41) is 2.93. The van der Waals surface area contributed by atoms with Gasteiger partial charge in [0.15, 0.2) is 0 Å². The van der Waals surface area contributed by atoms with E-state index in [1.54, 1.807) is 30.2 Å². The zero-order valence-corrected chi connectivity index (χ0v) is 15.5. The van der Waals surface area contributed by atoms with Gasteiger partial charge < -0.3 is 24.6 Å². The first-order valence-corrected chi connectivity index (χ1v) is 8.80. The summed E-state index contributed by atoms with van der Waals surface area (Å²) in [6, 6.07) is 13.1. The number of anilines is 2. The zero-order valence-electron chi connectivity index (χ0n) is 15.5. The molecule has 6 heteroatoms. The Morgan fingerprint density at radius 1 is 1.04 bits per heavy atom. The SMILES string of the molecule is COc1ccc(C(=O)Nc2ccc(N3CC[NH+](C)CC3)cc2)c(OC)c1.